The molecule has 0 saturated heterocycles. The van der Waals surface area contributed by atoms with Gasteiger partial charge in [-0.3, -0.25) is 10.1 Å². The highest BCUT2D eigenvalue weighted by molar-refractivity contribution is 9.11. The summed E-state index contributed by atoms with van der Waals surface area (Å²) in [5.41, 5.74) is 0.412. The molecule has 0 bridgehead atoms. The number of hydrogen-bond acceptors (Lipinski definition) is 4. The van der Waals surface area contributed by atoms with E-state index in [1.165, 1.54) is 12.1 Å². The van der Waals surface area contributed by atoms with Crippen molar-refractivity contribution in [2.45, 2.75) is 0 Å². The Labute approximate surface area is 131 Å². The van der Waals surface area contributed by atoms with Crippen molar-refractivity contribution in [3.05, 3.63) is 61.0 Å². The lowest BCUT2D eigenvalue weighted by molar-refractivity contribution is -0.385. The Morgan fingerprint density at radius 2 is 1.95 bits per heavy atom. The van der Waals surface area contributed by atoms with Crippen LogP contribution in [0.5, 0.6) is 11.5 Å². The zero-order valence-corrected chi connectivity index (χ0v) is 13.0. The maximum Gasteiger partial charge on any atom is 0.287 e. The molecule has 0 amide bonds. The standard InChI is InChI=1S/C13H6Br2N2O3/c14-9-6-8(7-16)4-5-11(9)20-12-3-1-2-10(13(12)15)17(18)19/h1-6H. The van der Waals surface area contributed by atoms with Crippen molar-refractivity contribution in [3.63, 3.8) is 0 Å². The molecule has 0 unspecified atom stereocenters. The molecule has 2 aromatic carbocycles. The number of nitrogens with zero attached hydrogens (tertiary/aromatic N) is 2. The van der Waals surface area contributed by atoms with Crippen LogP contribution in [0.25, 0.3) is 0 Å². The van der Waals surface area contributed by atoms with Gasteiger partial charge in [0, 0.05) is 6.07 Å². The van der Waals surface area contributed by atoms with Crippen molar-refractivity contribution in [1.82, 2.24) is 0 Å². The third-order valence-electron chi connectivity index (χ3n) is 2.42. The van der Waals surface area contributed by atoms with Crippen LogP contribution >= 0.6 is 31.9 Å². The van der Waals surface area contributed by atoms with E-state index in [4.69, 9.17) is 10.00 Å². The van der Waals surface area contributed by atoms with Crippen LogP contribution in [-0.4, -0.2) is 4.92 Å². The minimum Gasteiger partial charge on any atom is -0.455 e. The van der Waals surface area contributed by atoms with Crippen LogP contribution in [0.4, 0.5) is 5.69 Å². The van der Waals surface area contributed by atoms with E-state index in [9.17, 15) is 10.1 Å². The van der Waals surface area contributed by atoms with Crippen LogP contribution in [0.2, 0.25) is 0 Å². The maximum absolute atomic E-state index is 10.9. The van der Waals surface area contributed by atoms with Crippen LogP contribution in [0.1, 0.15) is 5.56 Å². The number of rotatable bonds is 3. The number of nitriles is 1. The molecule has 0 atom stereocenters. The molecule has 2 aromatic rings. The molecule has 0 heterocycles. The Morgan fingerprint density at radius 3 is 2.55 bits per heavy atom. The first-order valence-electron chi connectivity index (χ1n) is 5.33. The summed E-state index contributed by atoms with van der Waals surface area (Å²) in [5, 5.41) is 19.6. The average molecular weight is 398 g/mol. The van der Waals surface area contributed by atoms with Crippen molar-refractivity contribution in [2.75, 3.05) is 0 Å². The smallest absolute Gasteiger partial charge is 0.287 e. The van der Waals surface area contributed by atoms with E-state index in [1.807, 2.05) is 6.07 Å². The third-order valence-corrected chi connectivity index (χ3v) is 3.84. The molecule has 0 fully saturated rings. The summed E-state index contributed by atoms with van der Waals surface area (Å²) in [4.78, 5) is 10.4. The minimum atomic E-state index is -0.495. The van der Waals surface area contributed by atoms with E-state index in [-0.39, 0.29) is 10.2 Å². The molecular weight excluding hydrogens is 392 g/mol. The molecule has 0 radical (unpaired) electrons. The molecule has 100 valence electrons. The number of halogens is 2. The second-order valence-corrected chi connectivity index (χ2v) is 5.35. The highest BCUT2D eigenvalue weighted by atomic mass is 79.9. The lowest BCUT2D eigenvalue weighted by atomic mass is 10.2. The van der Waals surface area contributed by atoms with Gasteiger partial charge in [-0.1, -0.05) is 6.07 Å². The summed E-state index contributed by atoms with van der Waals surface area (Å²) in [7, 11) is 0. The van der Waals surface area contributed by atoms with Gasteiger partial charge in [-0.2, -0.15) is 5.26 Å². The molecule has 5 nitrogen and oxygen atoms in total. The maximum atomic E-state index is 10.9. The van der Waals surface area contributed by atoms with Crippen LogP contribution in [0.15, 0.2) is 45.3 Å². The molecule has 20 heavy (non-hydrogen) atoms. The van der Waals surface area contributed by atoms with Crippen molar-refractivity contribution in [3.8, 4) is 17.6 Å². The summed E-state index contributed by atoms with van der Waals surface area (Å²) < 4.78 is 6.48. The van der Waals surface area contributed by atoms with Gasteiger partial charge in [0.1, 0.15) is 16.0 Å². The van der Waals surface area contributed by atoms with Crippen molar-refractivity contribution >= 4 is 37.5 Å². The second-order valence-electron chi connectivity index (χ2n) is 3.71. The number of hydrogen-bond donors (Lipinski definition) is 0. The zero-order chi connectivity index (χ0) is 14.7. The van der Waals surface area contributed by atoms with Gasteiger partial charge in [-0.25, -0.2) is 0 Å². The molecule has 7 heteroatoms. The fourth-order valence-electron chi connectivity index (χ4n) is 1.49. The van der Waals surface area contributed by atoms with E-state index in [0.717, 1.165) is 0 Å². The monoisotopic (exact) mass is 396 g/mol. The van der Waals surface area contributed by atoms with Crippen LogP contribution < -0.4 is 4.74 Å². The Bertz CT molecular complexity index is 726. The molecule has 2 rings (SSSR count). The van der Waals surface area contributed by atoms with Gasteiger partial charge in [0.05, 0.1) is 21.0 Å². The Hall–Kier alpha value is -1.91. The highest BCUT2D eigenvalue weighted by Gasteiger charge is 2.17. The molecule has 0 spiro atoms. The highest BCUT2D eigenvalue weighted by Crippen LogP contribution is 2.38. The van der Waals surface area contributed by atoms with Gasteiger partial charge in [0.2, 0.25) is 0 Å². The predicted molar refractivity (Wildman–Crippen MR) is 79.7 cm³/mol. The van der Waals surface area contributed by atoms with Gasteiger partial charge < -0.3 is 4.74 Å². The molecular formula is C13H6Br2N2O3. The molecule has 0 aliphatic carbocycles. The molecule has 0 aromatic heterocycles. The van der Waals surface area contributed by atoms with Crippen LogP contribution in [-0.2, 0) is 0 Å². The lowest BCUT2D eigenvalue weighted by Crippen LogP contribution is -1.93. The minimum absolute atomic E-state index is 0.0766. The van der Waals surface area contributed by atoms with E-state index in [0.29, 0.717) is 21.5 Å². The quantitative estimate of drug-likeness (QED) is 0.551. The topological polar surface area (TPSA) is 76.2 Å². The number of nitro groups is 1. The fraction of sp³-hybridized carbons (Fsp3) is 0. The first-order chi connectivity index (χ1) is 9.52. The van der Waals surface area contributed by atoms with Gasteiger partial charge in [-0.05, 0) is 56.1 Å². The second kappa shape index (κ2) is 6.03. The van der Waals surface area contributed by atoms with Gasteiger partial charge in [0.25, 0.3) is 5.69 Å². The van der Waals surface area contributed by atoms with Crippen LogP contribution in [0.3, 0.4) is 0 Å². The normalized spacial score (nSPS) is 9.85. The number of benzene rings is 2. The first-order valence-corrected chi connectivity index (χ1v) is 6.92. The Morgan fingerprint density at radius 1 is 1.20 bits per heavy atom. The van der Waals surface area contributed by atoms with Gasteiger partial charge >= 0.3 is 0 Å². The van der Waals surface area contributed by atoms with E-state index < -0.39 is 4.92 Å². The average Bonchev–Trinajstić information content (AvgIpc) is 2.42. The van der Waals surface area contributed by atoms with Gasteiger partial charge in [0.15, 0.2) is 0 Å². The van der Waals surface area contributed by atoms with E-state index >= 15 is 0 Å². The SMILES string of the molecule is N#Cc1ccc(Oc2cccc([N+](=O)[O-])c2Br)c(Br)c1. The Kier molecular flexibility index (Phi) is 4.37. The summed E-state index contributed by atoms with van der Waals surface area (Å²) in [5.74, 6) is 0.787. The van der Waals surface area contributed by atoms with Crippen molar-refractivity contribution in [2.24, 2.45) is 0 Å². The van der Waals surface area contributed by atoms with Crippen molar-refractivity contribution in [1.29, 1.82) is 5.26 Å². The summed E-state index contributed by atoms with van der Waals surface area (Å²) in [6.07, 6.45) is 0. The third kappa shape index (κ3) is 2.98. The molecule has 0 N–H and O–H groups in total. The predicted octanol–water partition coefficient (Wildman–Crippen LogP) is 4.78. The molecule has 0 aliphatic heterocycles. The van der Waals surface area contributed by atoms with E-state index in [2.05, 4.69) is 31.9 Å². The van der Waals surface area contributed by atoms with Gasteiger partial charge in [-0.15, -0.1) is 0 Å². The zero-order valence-electron chi connectivity index (χ0n) is 9.84. The van der Waals surface area contributed by atoms with Crippen LogP contribution in [0, 0.1) is 21.4 Å². The summed E-state index contributed by atoms with van der Waals surface area (Å²) in [6.45, 7) is 0. The summed E-state index contributed by atoms with van der Waals surface area (Å²) in [6, 6.07) is 11.4. The largest absolute Gasteiger partial charge is 0.455 e. The molecule has 0 saturated carbocycles. The Balaban J connectivity index is 2.38. The van der Waals surface area contributed by atoms with E-state index in [1.54, 1.807) is 24.3 Å². The number of ether oxygens (including phenoxy) is 1. The fourth-order valence-corrected chi connectivity index (χ4v) is 2.44. The number of nitro benzene ring substituents is 1. The van der Waals surface area contributed by atoms with Crippen molar-refractivity contribution < 1.29 is 9.66 Å². The lowest BCUT2D eigenvalue weighted by Gasteiger charge is -2.09. The molecule has 0 aliphatic rings. The summed E-state index contributed by atoms with van der Waals surface area (Å²) >= 11 is 6.45. The first kappa shape index (κ1) is 14.5.